The van der Waals surface area contributed by atoms with Crippen LogP contribution in [-0.2, 0) is 7.05 Å². The lowest BCUT2D eigenvalue weighted by molar-refractivity contribution is 0.583. The van der Waals surface area contributed by atoms with E-state index in [1.807, 2.05) is 65.0 Å². The zero-order valence-electron chi connectivity index (χ0n) is 18.7. The first-order valence-electron chi connectivity index (χ1n) is 10.4. The van der Waals surface area contributed by atoms with Crippen LogP contribution in [0.3, 0.4) is 0 Å². The average molecular weight is 415 g/mol. The maximum atomic E-state index is 12.8. The molecule has 0 fully saturated rings. The van der Waals surface area contributed by atoms with Crippen LogP contribution >= 0.6 is 0 Å². The molecule has 0 saturated carbocycles. The average Bonchev–Trinajstić information content (AvgIpc) is 2.99. The van der Waals surface area contributed by atoms with Gasteiger partial charge in [-0.25, -0.2) is 4.79 Å². The first-order chi connectivity index (χ1) is 14.7. The number of aryl methyl sites for hydroxylation is 2. The zero-order chi connectivity index (χ0) is 22.4. The lowest BCUT2D eigenvalue weighted by Gasteiger charge is -2.19. The van der Waals surface area contributed by atoms with E-state index in [9.17, 15) is 10.1 Å². The normalized spacial score (nSPS) is 12.5. The summed E-state index contributed by atoms with van der Waals surface area (Å²) in [5.74, 6) is 0.656. The second kappa shape index (κ2) is 7.55. The van der Waals surface area contributed by atoms with Crippen molar-refractivity contribution in [1.82, 2.24) is 19.3 Å². The quantitative estimate of drug-likeness (QED) is 0.530. The molecule has 2 heterocycles. The van der Waals surface area contributed by atoms with Gasteiger partial charge in [-0.15, -0.1) is 5.10 Å². The molecule has 7 heteroatoms. The van der Waals surface area contributed by atoms with Gasteiger partial charge in [0.1, 0.15) is 0 Å². The van der Waals surface area contributed by atoms with E-state index in [0.29, 0.717) is 11.4 Å². The van der Waals surface area contributed by atoms with Crippen LogP contribution < -0.4 is 11.0 Å². The molecule has 4 rings (SSSR count). The van der Waals surface area contributed by atoms with Gasteiger partial charge in [0.2, 0.25) is 0 Å². The Bertz CT molecular complexity index is 1420. The molecular weight excluding hydrogens is 388 g/mol. The third kappa shape index (κ3) is 3.25. The molecule has 1 atom stereocenters. The molecule has 4 aromatic rings. The van der Waals surface area contributed by atoms with Crippen molar-refractivity contribution in [3.63, 3.8) is 0 Å². The number of benzene rings is 2. The fourth-order valence-corrected chi connectivity index (χ4v) is 4.27. The highest BCUT2D eigenvalue weighted by Gasteiger charge is 2.18. The van der Waals surface area contributed by atoms with Gasteiger partial charge in [0.25, 0.3) is 0 Å². The van der Waals surface area contributed by atoms with E-state index in [0.717, 1.165) is 38.6 Å². The summed E-state index contributed by atoms with van der Waals surface area (Å²) in [4.78, 5) is 12.8. The monoisotopic (exact) mass is 414 g/mol. The first kappa shape index (κ1) is 20.6. The van der Waals surface area contributed by atoms with Crippen molar-refractivity contribution < 1.29 is 0 Å². The fourth-order valence-electron chi connectivity index (χ4n) is 4.27. The minimum Gasteiger partial charge on any atom is -0.362 e. The molecule has 31 heavy (non-hydrogen) atoms. The summed E-state index contributed by atoms with van der Waals surface area (Å²) >= 11 is 0. The molecule has 0 aliphatic rings. The van der Waals surface area contributed by atoms with Crippen molar-refractivity contribution in [2.75, 3.05) is 5.32 Å². The molecule has 0 radical (unpaired) electrons. The van der Waals surface area contributed by atoms with Crippen molar-refractivity contribution >= 4 is 27.6 Å². The lowest BCUT2D eigenvalue weighted by atomic mass is 9.98. The molecule has 0 aliphatic heterocycles. The maximum absolute atomic E-state index is 12.8. The summed E-state index contributed by atoms with van der Waals surface area (Å²) in [7, 11) is 1.80. The summed E-state index contributed by atoms with van der Waals surface area (Å²) in [5, 5.41) is 23.5. The summed E-state index contributed by atoms with van der Waals surface area (Å²) in [6, 6.07) is 12.0. The number of fused-ring (bicyclic) bond motifs is 2. The van der Waals surface area contributed by atoms with E-state index in [2.05, 4.69) is 21.6 Å². The Morgan fingerprint density at radius 3 is 2.45 bits per heavy atom. The summed E-state index contributed by atoms with van der Waals surface area (Å²) in [5.41, 5.74) is 5.17. The molecule has 2 aromatic heterocycles. The topological polar surface area (TPSA) is 88.5 Å². The summed E-state index contributed by atoms with van der Waals surface area (Å²) < 4.78 is 3.49. The zero-order valence-corrected chi connectivity index (χ0v) is 18.7. The number of nitrogens with one attached hydrogen (secondary N) is 1. The highest BCUT2D eigenvalue weighted by molar-refractivity contribution is 6.01. The number of hydrogen-bond acceptors (Lipinski definition) is 5. The second-order valence-corrected chi connectivity index (χ2v) is 8.32. The molecule has 0 bridgehead atoms. The number of rotatable bonds is 4. The summed E-state index contributed by atoms with van der Waals surface area (Å²) in [6.45, 7) is 9.94. The van der Waals surface area contributed by atoms with Crippen LogP contribution in [0.15, 0.2) is 35.1 Å². The van der Waals surface area contributed by atoms with Crippen molar-refractivity contribution in [2.24, 2.45) is 7.05 Å². The van der Waals surface area contributed by atoms with Gasteiger partial charge in [-0.05, 0) is 63.9 Å². The Balaban J connectivity index is 1.90. The fraction of sp³-hybridized carbons (Fsp3) is 0.333. The Hall–Kier alpha value is -3.66. The van der Waals surface area contributed by atoms with Crippen LogP contribution in [0.4, 0.5) is 5.82 Å². The van der Waals surface area contributed by atoms with Crippen LogP contribution in [-0.4, -0.2) is 19.3 Å². The molecule has 7 nitrogen and oxygen atoms in total. The summed E-state index contributed by atoms with van der Waals surface area (Å²) in [6.07, 6.45) is 0. The Morgan fingerprint density at radius 1 is 1.06 bits per heavy atom. The van der Waals surface area contributed by atoms with E-state index < -0.39 is 0 Å². The SMILES string of the molecule is Cc1c(C#N)cccc1[C@@H](C)Nc1nnc(C)c2cc3c(cc12)n(C(C)C)c(=O)n3C. The highest BCUT2D eigenvalue weighted by atomic mass is 16.1. The second-order valence-electron chi connectivity index (χ2n) is 8.32. The number of hydrogen-bond donors (Lipinski definition) is 1. The van der Waals surface area contributed by atoms with E-state index >= 15 is 0 Å². The van der Waals surface area contributed by atoms with Gasteiger partial charge in [-0.1, -0.05) is 12.1 Å². The molecule has 1 N–H and O–H groups in total. The lowest BCUT2D eigenvalue weighted by Crippen LogP contribution is -2.23. The number of aromatic nitrogens is 4. The van der Waals surface area contributed by atoms with Crippen LogP contribution in [0.1, 0.15) is 55.2 Å². The molecular formula is C24H26N6O. The molecule has 0 aliphatic carbocycles. The van der Waals surface area contributed by atoms with Crippen molar-refractivity contribution in [1.29, 1.82) is 5.26 Å². The number of imidazole rings is 1. The van der Waals surface area contributed by atoms with Crippen LogP contribution in [0, 0.1) is 25.2 Å². The Morgan fingerprint density at radius 2 is 1.77 bits per heavy atom. The van der Waals surface area contributed by atoms with E-state index in [4.69, 9.17) is 0 Å². The standard InChI is InChI=1S/C24H26N6O/c1-13(2)30-22-11-20-19(10-21(22)29(6)24(30)31)16(5)27-28-23(20)26-15(4)18-9-7-8-17(12-25)14(18)3/h7-11,13,15H,1-6H3,(H,26,28)/t15-/m1/s1. The smallest absolute Gasteiger partial charge is 0.329 e. The van der Waals surface area contributed by atoms with Gasteiger partial charge >= 0.3 is 5.69 Å². The van der Waals surface area contributed by atoms with E-state index in [-0.39, 0.29) is 17.8 Å². The molecule has 0 unspecified atom stereocenters. The van der Waals surface area contributed by atoms with Gasteiger partial charge in [0.15, 0.2) is 5.82 Å². The van der Waals surface area contributed by atoms with Crippen LogP contribution in [0.25, 0.3) is 21.8 Å². The minimum atomic E-state index is -0.0766. The van der Waals surface area contributed by atoms with Gasteiger partial charge in [-0.2, -0.15) is 10.4 Å². The van der Waals surface area contributed by atoms with Gasteiger partial charge in [0, 0.05) is 23.9 Å². The van der Waals surface area contributed by atoms with Crippen molar-refractivity contribution in [3.8, 4) is 6.07 Å². The molecule has 0 amide bonds. The minimum absolute atomic E-state index is 0.0364. The van der Waals surface area contributed by atoms with Gasteiger partial charge < -0.3 is 5.32 Å². The van der Waals surface area contributed by atoms with Crippen molar-refractivity contribution in [3.05, 3.63) is 63.2 Å². The van der Waals surface area contributed by atoms with Gasteiger partial charge in [0.05, 0.1) is 34.4 Å². The Kier molecular flexibility index (Phi) is 5.02. The largest absolute Gasteiger partial charge is 0.362 e. The van der Waals surface area contributed by atoms with E-state index in [1.165, 1.54) is 0 Å². The molecule has 158 valence electrons. The third-order valence-corrected chi connectivity index (χ3v) is 6.01. The Labute approximate surface area is 180 Å². The number of anilines is 1. The third-order valence-electron chi connectivity index (χ3n) is 6.01. The van der Waals surface area contributed by atoms with Gasteiger partial charge in [-0.3, -0.25) is 9.13 Å². The number of nitrogens with zero attached hydrogens (tertiary/aromatic N) is 5. The highest BCUT2D eigenvalue weighted by Crippen LogP contribution is 2.31. The van der Waals surface area contributed by atoms with E-state index in [1.54, 1.807) is 16.2 Å². The number of nitriles is 1. The predicted octanol–water partition coefficient (Wildman–Crippen LogP) is 4.53. The predicted molar refractivity (Wildman–Crippen MR) is 123 cm³/mol. The molecule has 0 spiro atoms. The maximum Gasteiger partial charge on any atom is 0.329 e. The van der Waals surface area contributed by atoms with Crippen molar-refractivity contribution in [2.45, 2.75) is 46.7 Å². The first-order valence-corrected chi connectivity index (χ1v) is 10.4. The van der Waals surface area contributed by atoms with Crippen LogP contribution in [0.2, 0.25) is 0 Å². The molecule has 2 aromatic carbocycles. The van der Waals surface area contributed by atoms with Crippen LogP contribution in [0.5, 0.6) is 0 Å². The molecule has 0 saturated heterocycles.